The van der Waals surface area contributed by atoms with Gasteiger partial charge in [0, 0.05) is 33.3 Å². The van der Waals surface area contributed by atoms with E-state index in [1.54, 1.807) is 6.20 Å². The second-order valence-electron chi connectivity index (χ2n) is 5.90. The van der Waals surface area contributed by atoms with Crippen molar-refractivity contribution in [2.75, 3.05) is 32.1 Å². The lowest BCUT2D eigenvalue weighted by Gasteiger charge is -2.20. The molecule has 0 aliphatic carbocycles. The predicted octanol–water partition coefficient (Wildman–Crippen LogP) is 1.85. The molecule has 3 rings (SSSR count). The zero-order valence-corrected chi connectivity index (χ0v) is 14.9. The number of amides is 1. The number of pyridine rings is 1. The Morgan fingerprint density at radius 1 is 1.50 bits per heavy atom. The average molecular weight is 347 g/mol. The van der Waals surface area contributed by atoms with Gasteiger partial charge in [-0.3, -0.25) is 4.79 Å². The standard InChI is InChI=1S/C16H21N5O2S/c1-4-12-14(24-19-18-12)16(22)21-9-7-11(10-21)23-13-6-5-8-17-15(13)20(2)3/h5-6,8,11H,4,7,9-10H2,1-3H3/t11-/m1/s1. The van der Waals surface area contributed by atoms with Gasteiger partial charge in [-0.05, 0) is 30.1 Å². The summed E-state index contributed by atoms with van der Waals surface area (Å²) in [6.07, 6.45) is 3.24. The number of ether oxygens (including phenoxy) is 1. The molecule has 0 N–H and O–H groups in total. The molecular formula is C16H21N5O2S. The fraction of sp³-hybridized carbons (Fsp3) is 0.500. The van der Waals surface area contributed by atoms with Gasteiger partial charge in [0.15, 0.2) is 11.6 Å². The molecule has 7 nitrogen and oxygen atoms in total. The number of carbonyl (C=O) groups is 1. The summed E-state index contributed by atoms with van der Waals surface area (Å²) in [4.78, 5) is 21.4. The molecule has 1 aliphatic rings. The van der Waals surface area contributed by atoms with E-state index in [1.807, 2.05) is 43.0 Å². The van der Waals surface area contributed by atoms with Crippen LogP contribution in [0.1, 0.15) is 28.7 Å². The van der Waals surface area contributed by atoms with E-state index in [2.05, 4.69) is 14.6 Å². The first-order valence-corrected chi connectivity index (χ1v) is 8.77. The van der Waals surface area contributed by atoms with E-state index in [0.717, 1.165) is 23.7 Å². The molecule has 1 atom stereocenters. The Kier molecular flexibility index (Phi) is 4.94. The Morgan fingerprint density at radius 2 is 2.33 bits per heavy atom. The van der Waals surface area contributed by atoms with E-state index in [-0.39, 0.29) is 12.0 Å². The van der Waals surface area contributed by atoms with Crippen LogP contribution in [0.2, 0.25) is 0 Å². The Bertz CT molecular complexity index is 718. The first-order chi connectivity index (χ1) is 11.6. The molecule has 0 bridgehead atoms. The lowest BCUT2D eigenvalue weighted by atomic mass is 10.3. The second kappa shape index (κ2) is 7.12. The lowest BCUT2D eigenvalue weighted by Crippen LogP contribution is -2.31. The second-order valence-corrected chi connectivity index (χ2v) is 6.66. The number of carbonyl (C=O) groups excluding carboxylic acids is 1. The van der Waals surface area contributed by atoms with Crippen molar-refractivity contribution in [3.63, 3.8) is 0 Å². The highest BCUT2D eigenvalue weighted by Crippen LogP contribution is 2.27. The molecule has 0 aromatic carbocycles. The summed E-state index contributed by atoms with van der Waals surface area (Å²) in [5.74, 6) is 1.55. The van der Waals surface area contributed by atoms with Gasteiger partial charge in [-0.25, -0.2) is 4.98 Å². The van der Waals surface area contributed by atoms with Crippen molar-refractivity contribution in [2.45, 2.75) is 25.9 Å². The van der Waals surface area contributed by atoms with Gasteiger partial charge >= 0.3 is 0 Å². The van der Waals surface area contributed by atoms with Crippen molar-refractivity contribution in [1.29, 1.82) is 0 Å². The minimum Gasteiger partial charge on any atom is -0.485 e. The molecule has 0 spiro atoms. The van der Waals surface area contributed by atoms with Crippen molar-refractivity contribution >= 4 is 23.3 Å². The van der Waals surface area contributed by atoms with Gasteiger partial charge in [0.2, 0.25) is 0 Å². The maximum Gasteiger partial charge on any atom is 0.267 e. The van der Waals surface area contributed by atoms with Crippen molar-refractivity contribution in [3.8, 4) is 5.75 Å². The molecule has 8 heteroatoms. The number of rotatable bonds is 5. The molecule has 1 amide bonds. The summed E-state index contributed by atoms with van der Waals surface area (Å²) in [6, 6.07) is 3.77. The van der Waals surface area contributed by atoms with E-state index in [4.69, 9.17) is 4.74 Å². The molecule has 3 heterocycles. The highest BCUT2D eigenvalue weighted by atomic mass is 32.1. The fourth-order valence-electron chi connectivity index (χ4n) is 2.74. The van der Waals surface area contributed by atoms with Crippen LogP contribution in [0.15, 0.2) is 18.3 Å². The zero-order chi connectivity index (χ0) is 17.1. The number of nitrogens with zero attached hydrogens (tertiary/aromatic N) is 5. The van der Waals surface area contributed by atoms with Gasteiger partial charge in [-0.2, -0.15) is 0 Å². The number of aromatic nitrogens is 3. The van der Waals surface area contributed by atoms with E-state index in [9.17, 15) is 4.79 Å². The van der Waals surface area contributed by atoms with Gasteiger partial charge in [0.05, 0.1) is 12.2 Å². The maximum atomic E-state index is 12.6. The van der Waals surface area contributed by atoms with Crippen LogP contribution in [0.5, 0.6) is 5.75 Å². The first-order valence-electron chi connectivity index (χ1n) is 7.99. The normalized spacial score (nSPS) is 17.1. The summed E-state index contributed by atoms with van der Waals surface area (Å²) < 4.78 is 10.00. The number of hydrogen-bond donors (Lipinski definition) is 0. The first kappa shape index (κ1) is 16.6. The molecule has 1 saturated heterocycles. The van der Waals surface area contributed by atoms with Crippen LogP contribution in [0.3, 0.4) is 0 Å². The average Bonchev–Trinajstić information content (AvgIpc) is 3.23. The predicted molar refractivity (Wildman–Crippen MR) is 92.8 cm³/mol. The van der Waals surface area contributed by atoms with Crippen molar-refractivity contribution in [3.05, 3.63) is 28.9 Å². The Labute approximate surface area is 145 Å². The third kappa shape index (κ3) is 3.33. The number of aryl methyl sites for hydroxylation is 1. The molecule has 128 valence electrons. The van der Waals surface area contributed by atoms with E-state index < -0.39 is 0 Å². The Hall–Kier alpha value is -2.22. The van der Waals surface area contributed by atoms with E-state index in [1.165, 1.54) is 11.5 Å². The van der Waals surface area contributed by atoms with Crippen LogP contribution in [-0.4, -0.2) is 58.7 Å². The molecular weight excluding hydrogens is 326 g/mol. The minimum atomic E-state index is -0.0252. The molecule has 0 saturated carbocycles. The van der Waals surface area contributed by atoms with Gasteiger partial charge in [-0.1, -0.05) is 11.4 Å². The van der Waals surface area contributed by atoms with Crippen LogP contribution >= 0.6 is 11.5 Å². The highest BCUT2D eigenvalue weighted by molar-refractivity contribution is 7.08. The van der Waals surface area contributed by atoms with Crippen LogP contribution in [0, 0.1) is 0 Å². The number of anilines is 1. The highest BCUT2D eigenvalue weighted by Gasteiger charge is 2.31. The molecule has 2 aromatic rings. The molecule has 0 unspecified atom stereocenters. The topological polar surface area (TPSA) is 71.5 Å². The summed E-state index contributed by atoms with van der Waals surface area (Å²) >= 11 is 1.17. The van der Waals surface area contributed by atoms with Crippen molar-refractivity contribution in [1.82, 2.24) is 19.5 Å². The van der Waals surface area contributed by atoms with Crippen LogP contribution in [0.25, 0.3) is 0 Å². The molecule has 2 aromatic heterocycles. The number of likely N-dealkylation sites (tertiary alicyclic amines) is 1. The van der Waals surface area contributed by atoms with Crippen LogP contribution in [0.4, 0.5) is 5.82 Å². The van der Waals surface area contributed by atoms with Crippen molar-refractivity contribution in [2.24, 2.45) is 0 Å². The SMILES string of the molecule is CCc1nnsc1C(=O)N1CC[C@@H](Oc2cccnc2N(C)C)C1. The third-order valence-corrected chi connectivity index (χ3v) is 4.74. The zero-order valence-electron chi connectivity index (χ0n) is 14.1. The summed E-state index contributed by atoms with van der Waals surface area (Å²) in [7, 11) is 3.87. The fourth-order valence-corrected chi connectivity index (χ4v) is 3.46. The third-order valence-electron chi connectivity index (χ3n) is 3.99. The van der Waals surface area contributed by atoms with Gasteiger partial charge in [-0.15, -0.1) is 5.10 Å². The minimum absolute atomic E-state index is 0.00645. The maximum absolute atomic E-state index is 12.6. The largest absolute Gasteiger partial charge is 0.485 e. The molecule has 1 fully saturated rings. The van der Waals surface area contributed by atoms with Gasteiger partial charge in [0.25, 0.3) is 5.91 Å². The van der Waals surface area contributed by atoms with E-state index >= 15 is 0 Å². The van der Waals surface area contributed by atoms with Crippen LogP contribution < -0.4 is 9.64 Å². The summed E-state index contributed by atoms with van der Waals surface area (Å²) in [5.41, 5.74) is 0.775. The van der Waals surface area contributed by atoms with Gasteiger partial charge < -0.3 is 14.5 Å². The van der Waals surface area contributed by atoms with Crippen LogP contribution in [-0.2, 0) is 6.42 Å². The lowest BCUT2D eigenvalue weighted by molar-refractivity contribution is 0.0776. The molecule has 24 heavy (non-hydrogen) atoms. The molecule has 0 radical (unpaired) electrons. The smallest absolute Gasteiger partial charge is 0.267 e. The summed E-state index contributed by atoms with van der Waals surface area (Å²) in [5, 5.41) is 4.02. The summed E-state index contributed by atoms with van der Waals surface area (Å²) in [6.45, 7) is 3.23. The monoisotopic (exact) mass is 347 g/mol. The quantitative estimate of drug-likeness (QED) is 0.822. The number of hydrogen-bond acceptors (Lipinski definition) is 7. The molecule has 1 aliphatic heterocycles. The van der Waals surface area contributed by atoms with Gasteiger partial charge in [0.1, 0.15) is 11.0 Å². The van der Waals surface area contributed by atoms with Crippen molar-refractivity contribution < 1.29 is 9.53 Å². The Balaban J connectivity index is 1.67. The Morgan fingerprint density at radius 3 is 3.08 bits per heavy atom. The van der Waals surface area contributed by atoms with E-state index in [0.29, 0.717) is 24.4 Å².